The summed E-state index contributed by atoms with van der Waals surface area (Å²) in [6, 6.07) is -0.727. The molecule has 8 nitrogen and oxygen atoms in total. The molecule has 2 unspecified atom stereocenters. The lowest BCUT2D eigenvalue weighted by atomic mass is 10.0. The van der Waals surface area contributed by atoms with Crippen LogP contribution in [0.2, 0.25) is 0 Å². The van der Waals surface area contributed by atoms with Gasteiger partial charge >= 0.3 is 11.9 Å². The second-order valence-corrected chi connectivity index (χ2v) is 14.8. The molecule has 296 valence electrons. The maximum atomic E-state index is 12.7. The van der Waals surface area contributed by atoms with Crippen molar-refractivity contribution < 1.29 is 38.2 Å². The number of hydrogen-bond acceptors (Lipinski definition) is 7. The van der Waals surface area contributed by atoms with E-state index in [4.69, 9.17) is 14.2 Å². The Morgan fingerprint density at radius 2 is 1.10 bits per heavy atom. The molecule has 0 saturated heterocycles. The summed E-state index contributed by atoms with van der Waals surface area (Å²) >= 11 is 0. The zero-order chi connectivity index (χ0) is 37.8. The van der Waals surface area contributed by atoms with Crippen LogP contribution < -0.4 is 5.11 Å². The number of quaternary nitrogens is 1. The second-order valence-electron chi connectivity index (χ2n) is 14.8. The number of aliphatic carboxylic acids is 1. The van der Waals surface area contributed by atoms with Gasteiger partial charge < -0.3 is 28.6 Å². The molecule has 0 bridgehead atoms. The van der Waals surface area contributed by atoms with Crippen LogP contribution >= 0.6 is 0 Å². The van der Waals surface area contributed by atoms with E-state index in [1.54, 1.807) is 21.1 Å². The van der Waals surface area contributed by atoms with Crippen molar-refractivity contribution in [2.45, 2.75) is 180 Å². The largest absolute Gasteiger partial charge is 0.544 e. The molecule has 0 fully saturated rings. The van der Waals surface area contributed by atoms with Crippen LogP contribution in [0.3, 0.4) is 0 Å². The van der Waals surface area contributed by atoms with Crippen LogP contribution in [0.15, 0.2) is 36.5 Å². The summed E-state index contributed by atoms with van der Waals surface area (Å²) in [6.07, 6.45) is 37.3. The van der Waals surface area contributed by atoms with Crippen molar-refractivity contribution in [2.75, 3.05) is 41.0 Å². The van der Waals surface area contributed by atoms with Gasteiger partial charge in [-0.3, -0.25) is 9.59 Å². The molecule has 0 N–H and O–H groups in total. The van der Waals surface area contributed by atoms with Gasteiger partial charge in [0.05, 0.1) is 40.3 Å². The van der Waals surface area contributed by atoms with Gasteiger partial charge in [-0.25, -0.2) is 0 Å². The highest BCUT2D eigenvalue weighted by Gasteiger charge is 2.25. The van der Waals surface area contributed by atoms with Crippen molar-refractivity contribution in [3.63, 3.8) is 0 Å². The maximum Gasteiger partial charge on any atom is 0.306 e. The van der Waals surface area contributed by atoms with E-state index >= 15 is 0 Å². The number of unbranched alkanes of at least 4 members (excludes halogenated alkanes) is 16. The third kappa shape index (κ3) is 33.2. The molecule has 0 radical (unpaired) electrons. The fourth-order valence-corrected chi connectivity index (χ4v) is 5.85. The molecule has 0 rings (SSSR count). The van der Waals surface area contributed by atoms with E-state index in [-0.39, 0.29) is 42.7 Å². The fraction of sp³-hybridized carbons (Fsp3) is 0.791. The zero-order valence-electron chi connectivity index (χ0n) is 33.5. The van der Waals surface area contributed by atoms with Crippen LogP contribution in [-0.2, 0) is 28.6 Å². The van der Waals surface area contributed by atoms with Gasteiger partial charge in [-0.15, -0.1) is 0 Å². The molecule has 0 aliphatic rings. The van der Waals surface area contributed by atoms with Gasteiger partial charge in [-0.2, -0.15) is 0 Å². The standard InChI is InChI=1S/C43H77NO7/c1-6-8-10-12-14-16-18-20-22-24-26-28-30-32-34-42(46)51-39(37-49-36-35-40(43(47)48)44(3,4)5)38-50-41(45)33-31-29-27-25-23-21-19-17-15-13-11-9-7-2/h8,10,14,16,20,22,39-40H,6-7,9,11-13,15,17-19,21,23-38H2,1-5H3/b10-8+,16-14+,22-20+. The number of nitrogens with zero attached hydrogens (tertiary/aromatic N) is 1. The predicted octanol–water partition coefficient (Wildman–Crippen LogP) is 9.35. The number of carboxylic acids is 1. The Morgan fingerprint density at radius 1 is 0.608 bits per heavy atom. The molecular formula is C43H77NO7. The second kappa shape index (κ2) is 34.6. The zero-order valence-corrected chi connectivity index (χ0v) is 33.5. The molecule has 0 amide bonds. The lowest BCUT2D eigenvalue weighted by molar-refractivity contribution is -0.889. The number of carbonyl (C=O) groups excluding carboxylic acids is 3. The average molecular weight is 720 g/mol. The third-order valence-corrected chi connectivity index (χ3v) is 9.04. The fourth-order valence-electron chi connectivity index (χ4n) is 5.85. The topological polar surface area (TPSA) is 102 Å². The molecule has 8 heteroatoms. The van der Waals surface area contributed by atoms with E-state index in [0.29, 0.717) is 12.8 Å². The number of esters is 2. The molecule has 51 heavy (non-hydrogen) atoms. The first-order valence-electron chi connectivity index (χ1n) is 20.5. The Kier molecular flexibility index (Phi) is 33.0. The monoisotopic (exact) mass is 720 g/mol. The van der Waals surface area contributed by atoms with Crippen molar-refractivity contribution in [1.29, 1.82) is 0 Å². The summed E-state index contributed by atoms with van der Waals surface area (Å²) in [5.41, 5.74) is 0. The van der Waals surface area contributed by atoms with Crippen LogP contribution in [0.5, 0.6) is 0 Å². The first kappa shape index (κ1) is 48.5. The molecular weight excluding hydrogens is 642 g/mol. The maximum absolute atomic E-state index is 12.7. The minimum Gasteiger partial charge on any atom is -0.544 e. The lowest BCUT2D eigenvalue weighted by Crippen LogP contribution is -2.55. The molecule has 0 aliphatic carbocycles. The molecule has 0 aliphatic heterocycles. The van der Waals surface area contributed by atoms with Gasteiger partial charge in [0.15, 0.2) is 6.10 Å². The van der Waals surface area contributed by atoms with Crippen molar-refractivity contribution in [3.05, 3.63) is 36.5 Å². The lowest BCUT2D eigenvalue weighted by Gasteiger charge is -2.34. The predicted molar refractivity (Wildman–Crippen MR) is 208 cm³/mol. The van der Waals surface area contributed by atoms with Gasteiger partial charge in [0, 0.05) is 19.3 Å². The van der Waals surface area contributed by atoms with Gasteiger partial charge in [0.2, 0.25) is 0 Å². The highest BCUT2D eigenvalue weighted by atomic mass is 16.6. The van der Waals surface area contributed by atoms with Crippen molar-refractivity contribution in [2.24, 2.45) is 0 Å². The van der Waals surface area contributed by atoms with Crippen molar-refractivity contribution in [3.8, 4) is 0 Å². The number of allylic oxidation sites excluding steroid dienone is 6. The first-order valence-corrected chi connectivity index (χ1v) is 20.5. The van der Waals surface area contributed by atoms with Crippen molar-refractivity contribution >= 4 is 17.9 Å². The Morgan fingerprint density at radius 3 is 1.63 bits per heavy atom. The molecule has 0 aromatic heterocycles. The summed E-state index contributed by atoms with van der Waals surface area (Å²) in [5.74, 6) is -1.76. The van der Waals surface area contributed by atoms with E-state index < -0.39 is 18.1 Å². The van der Waals surface area contributed by atoms with E-state index in [0.717, 1.165) is 70.6 Å². The van der Waals surface area contributed by atoms with Crippen molar-refractivity contribution in [1.82, 2.24) is 0 Å². The molecule has 0 saturated carbocycles. The quantitative estimate of drug-likeness (QED) is 0.0275. The smallest absolute Gasteiger partial charge is 0.306 e. The van der Waals surface area contributed by atoms with Gasteiger partial charge in [0.1, 0.15) is 12.6 Å². The highest BCUT2D eigenvalue weighted by molar-refractivity contribution is 5.70. The van der Waals surface area contributed by atoms with E-state index in [2.05, 4.69) is 50.3 Å². The number of likely N-dealkylation sites (N-methyl/N-ethyl adjacent to an activating group) is 1. The minimum absolute atomic E-state index is 0.0334. The Balaban J connectivity index is 4.42. The van der Waals surface area contributed by atoms with Gasteiger partial charge in [-0.1, -0.05) is 140 Å². The van der Waals surface area contributed by atoms with Crippen LogP contribution in [0, 0.1) is 0 Å². The summed E-state index contributed by atoms with van der Waals surface area (Å²) in [4.78, 5) is 36.7. The summed E-state index contributed by atoms with van der Waals surface area (Å²) in [5, 5.41) is 11.6. The van der Waals surface area contributed by atoms with E-state index in [9.17, 15) is 19.5 Å². The summed E-state index contributed by atoms with van der Waals surface area (Å²) < 4.78 is 17.1. The van der Waals surface area contributed by atoms with Crippen LogP contribution in [0.25, 0.3) is 0 Å². The SMILES string of the molecule is CC/C=C/C/C=C/C/C=C/CCCCCCC(=O)OC(COCCC(C(=O)[O-])[N+](C)(C)C)COC(=O)CCCCCCCCCCCCCCC. The first-order chi connectivity index (χ1) is 24.6. The minimum atomic E-state index is -1.13. The number of carboxylic acid groups (broad SMARTS) is 1. The Labute approximate surface area is 313 Å². The van der Waals surface area contributed by atoms with E-state index in [1.807, 2.05) is 0 Å². The highest BCUT2D eigenvalue weighted by Crippen LogP contribution is 2.14. The van der Waals surface area contributed by atoms with Gasteiger partial charge in [-0.05, 0) is 44.9 Å². The van der Waals surface area contributed by atoms with Crippen LogP contribution in [0.1, 0.15) is 168 Å². The molecule has 2 atom stereocenters. The molecule has 0 aromatic carbocycles. The average Bonchev–Trinajstić information content (AvgIpc) is 3.08. The normalized spacial score (nSPS) is 13.4. The molecule has 0 heterocycles. The summed E-state index contributed by atoms with van der Waals surface area (Å²) in [7, 11) is 5.39. The Bertz CT molecular complexity index is 937. The van der Waals surface area contributed by atoms with Gasteiger partial charge in [0.25, 0.3) is 0 Å². The number of hydrogen-bond donors (Lipinski definition) is 0. The summed E-state index contributed by atoms with van der Waals surface area (Å²) in [6.45, 7) is 4.52. The third-order valence-electron chi connectivity index (χ3n) is 9.04. The molecule has 0 spiro atoms. The number of carbonyl (C=O) groups is 3. The number of ether oxygens (including phenoxy) is 3. The van der Waals surface area contributed by atoms with Crippen LogP contribution in [-0.4, -0.2) is 75.5 Å². The van der Waals surface area contributed by atoms with Crippen LogP contribution in [0.4, 0.5) is 0 Å². The van der Waals surface area contributed by atoms with E-state index in [1.165, 1.54) is 64.2 Å². The number of rotatable bonds is 36. The Hall–Kier alpha value is -2.45. The molecule has 0 aromatic rings.